The van der Waals surface area contributed by atoms with Crippen LogP contribution < -0.4 is 5.32 Å². The molecule has 96 valence electrons. The summed E-state index contributed by atoms with van der Waals surface area (Å²) in [7, 11) is 0. The lowest BCUT2D eigenvalue weighted by molar-refractivity contribution is 0.683. The molecule has 0 spiro atoms. The first-order chi connectivity index (χ1) is 9.43. The summed E-state index contributed by atoms with van der Waals surface area (Å²) < 4.78 is 0. The summed E-state index contributed by atoms with van der Waals surface area (Å²) >= 11 is 0. The molecule has 0 amide bonds. The summed E-state index contributed by atoms with van der Waals surface area (Å²) in [5.74, 6) is 0. The molecule has 3 aromatic heterocycles. The number of hydrogen-bond acceptors (Lipinski definition) is 4. The van der Waals surface area contributed by atoms with Crippen molar-refractivity contribution in [3.63, 3.8) is 0 Å². The first kappa shape index (κ1) is 11.6. The van der Waals surface area contributed by atoms with Gasteiger partial charge in [-0.15, -0.1) is 0 Å². The number of H-pyrrole nitrogens is 2. The van der Waals surface area contributed by atoms with Crippen molar-refractivity contribution in [1.82, 2.24) is 30.5 Å². The largest absolute Gasteiger partial charge is 0.347 e. The van der Waals surface area contributed by atoms with Crippen LogP contribution in [0.4, 0.5) is 0 Å². The summed E-state index contributed by atoms with van der Waals surface area (Å²) in [6.07, 6.45) is 8.91. The van der Waals surface area contributed by atoms with Crippen molar-refractivity contribution in [2.24, 2.45) is 0 Å². The van der Waals surface area contributed by atoms with Crippen LogP contribution in [-0.4, -0.2) is 25.1 Å². The van der Waals surface area contributed by atoms with E-state index in [4.69, 9.17) is 0 Å². The second kappa shape index (κ2) is 5.45. The first-order valence-electron chi connectivity index (χ1n) is 6.04. The van der Waals surface area contributed by atoms with Gasteiger partial charge < -0.3 is 10.3 Å². The second-order valence-electron chi connectivity index (χ2n) is 4.19. The van der Waals surface area contributed by atoms with Crippen molar-refractivity contribution in [1.29, 1.82) is 0 Å². The van der Waals surface area contributed by atoms with Crippen LogP contribution >= 0.6 is 0 Å². The molecule has 0 atom stereocenters. The van der Waals surface area contributed by atoms with E-state index in [-0.39, 0.29) is 0 Å². The van der Waals surface area contributed by atoms with Gasteiger partial charge in [0.05, 0.1) is 18.2 Å². The van der Waals surface area contributed by atoms with Gasteiger partial charge in [0.15, 0.2) is 0 Å². The SMILES string of the molecule is c1cncc(-c2[nH]ncc2CNCc2cnc[nH]2)c1. The lowest BCUT2D eigenvalue weighted by Gasteiger charge is -2.04. The van der Waals surface area contributed by atoms with Crippen molar-refractivity contribution >= 4 is 0 Å². The molecule has 0 radical (unpaired) electrons. The Bertz CT molecular complexity index is 614. The molecule has 0 fully saturated rings. The van der Waals surface area contributed by atoms with Gasteiger partial charge in [-0.25, -0.2) is 4.98 Å². The number of nitrogens with one attached hydrogen (secondary N) is 3. The molecule has 0 saturated heterocycles. The molecule has 3 rings (SSSR count). The van der Waals surface area contributed by atoms with Crippen LogP contribution in [0.2, 0.25) is 0 Å². The van der Waals surface area contributed by atoms with Crippen molar-refractivity contribution in [2.75, 3.05) is 0 Å². The van der Waals surface area contributed by atoms with E-state index in [1.165, 1.54) is 0 Å². The van der Waals surface area contributed by atoms with Crippen LogP contribution in [0.3, 0.4) is 0 Å². The number of hydrogen-bond donors (Lipinski definition) is 3. The van der Waals surface area contributed by atoms with Crippen LogP contribution in [0.25, 0.3) is 11.3 Å². The highest BCUT2D eigenvalue weighted by atomic mass is 15.1. The lowest BCUT2D eigenvalue weighted by atomic mass is 10.1. The minimum Gasteiger partial charge on any atom is -0.347 e. The van der Waals surface area contributed by atoms with E-state index in [1.807, 2.05) is 30.7 Å². The molecule has 0 saturated carbocycles. The molecule has 0 aromatic carbocycles. The van der Waals surface area contributed by atoms with Gasteiger partial charge in [-0.05, 0) is 12.1 Å². The highest BCUT2D eigenvalue weighted by Crippen LogP contribution is 2.19. The lowest BCUT2D eigenvalue weighted by Crippen LogP contribution is -2.13. The van der Waals surface area contributed by atoms with E-state index in [2.05, 4.69) is 30.5 Å². The Morgan fingerprint density at radius 3 is 2.89 bits per heavy atom. The highest BCUT2D eigenvalue weighted by molar-refractivity contribution is 5.61. The number of nitrogens with zero attached hydrogens (tertiary/aromatic N) is 3. The molecular formula is C13H14N6. The Hall–Kier alpha value is -2.47. The standard InChI is InChI=1S/C13H14N6/c1-2-10(4-14-3-1)13-11(6-18-19-13)5-15-7-12-8-16-9-17-12/h1-4,6,8-9,15H,5,7H2,(H,16,17)(H,18,19). The molecule has 6 nitrogen and oxygen atoms in total. The molecule has 0 aliphatic heterocycles. The van der Waals surface area contributed by atoms with Crippen molar-refractivity contribution in [2.45, 2.75) is 13.1 Å². The minimum absolute atomic E-state index is 0.736. The maximum atomic E-state index is 4.12. The third-order valence-electron chi connectivity index (χ3n) is 2.85. The Morgan fingerprint density at radius 1 is 1.11 bits per heavy atom. The molecule has 0 unspecified atom stereocenters. The molecule has 0 bridgehead atoms. The van der Waals surface area contributed by atoms with Crippen molar-refractivity contribution in [3.05, 3.63) is 54.5 Å². The van der Waals surface area contributed by atoms with E-state index >= 15 is 0 Å². The van der Waals surface area contributed by atoms with Crippen molar-refractivity contribution < 1.29 is 0 Å². The average Bonchev–Trinajstić information content (AvgIpc) is 3.11. The van der Waals surface area contributed by atoms with Gasteiger partial charge >= 0.3 is 0 Å². The van der Waals surface area contributed by atoms with Gasteiger partial charge in [0.2, 0.25) is 0 Å². The van der Waals surface area contributed by atoms with Crippen LogP contribution in [0.15, 0.2) is 43.2 Å². The Morgan fingerprint density at radius 2 is 2.11 bits per heavy atom. The van der Waals surface area contributed by atoms with Gasteiger partial charge in [-0.2, -0.15) is 5.10 Å². The van der Waals surface area contributed by atoms with E-state index in [0.717, 1.165) is 35.6 Å². The summed E-state index contributed by atoms with van der Waals surface area (Å²) in [4.78, 5) is 11.2. The van der Waals surface area contributed by atoms with E-state index in [1.54, 1.807) is 12.5 Å². The van der Waals surface area contributed by atoms with Crippen molar-refractivity contribution in [3.8, 4) is 11.3 Å². The van der Waals surface area contributed by atoms with E-state index in [0.29, 0.717) is 0 Å². The Kier molecular flexibility index (Phi) is 3.33. The fourth-order valence-electron chi connectivity index (χ4n) is 1.92. The van der Waals surface area contributed by atoms with Crippen LogP contribution in [0.5, 0.6) is 0 Å². The zero-order valence-corrected chi connectivity index (χ0v) is 10.3. The molecule has 3 N–H and O–H groups in total. The molecule has 6 heteroatoms. The molecule has 19 heavy (non-hydrogen) atoms. The predicted molar refractivity (Wildman–Crippen MR) is 71.0 cm³/mol. The number of rotatable bonds is 5. The third-order valence-corrected chi connectivity index (χ3v) is 2.85. The normalized spacial score (nSPS) is 10.7. The summed E-state index contributed by atoms with van der Waals surface area (Å²) in [6, 6.07) is 3.93. The highest BCUT2D eigenvalue weighted by Gasteiger charge is 2.07. The predicted octanol–water partition coefficient (Wildman–Crippen LogP) is 1.48. The molecule has 0 aliphatic rings. The van der Waals surface area contributed by atoms with E-state index < -0.39 is 0 Å². The van der Waals surface area contributed by atoms with Gasteiger partial charge in [-0.1, -0.05) is 0 Å². The maximum Gasteiger partial charge on any atom is 0.0922 e. The van der Waals surface area contributed by atoms with Gasteiger partial charge in [0.25, 0.3) is 0 Å². The number of imidazole rings is 1. The van der Waals surface area contributed by atoms with Gasteiger partial charge in [0, 0.05) is 48.5 Å². The monoisotopic (exact) mass is 254 g/mol. The Balaban J connectivity index is 1.67. The number of aromatic amines is 2. The first-order valence-corrected chi connectivity index (χ1v) is 6.04. The van der Waals surface area contributed by atoms with Crippen LogP contribution in [0, 0.1) is 0 Å². The summed E-state index contributed by atoms with van der Waals surface area (Å²) in [6.45, 7) is 1.48. The minimum atomic E-state index is 0.736. The zero-order chi connectivity index (χ0) is 12.9. The average molecular weight is 254 g/mol. The fourth-order valence-corrected chi connectivity index (χ4v) is 1.92. The summed E-state index contributed by atoms with van der Waals surface area (Å²) in [5, 5.41) is 10.5. The number of pyridine rings is 1. The number of aromatic nitrogens is 5. The summed E-state index contributed by atoms with van der Waals surface area (Å²) in [5.41, 5.74) is 4.22. The molecule has 3 aromatic rings. The third kappa shape index (κ3) is 2.69. The quantitative estimate of drug-likeness (QED) is 0.644. The zero-order valence-electron chi connectivity index (χ0n) is 10.3. The van der Waals surface area contributed by atoms with Crippen LogP contribution in [-0.2, 0) is 13.1 Å². The van der Waals surface area contributed by atoms with Crippen LogP contribution in [0.1, 0.15) is 11.3 Å². The maximum absolute atomic E-state index is 4.12. The molecule has 3 heterocycles. The topological polar surface area (TPSA) is 82.3 Å². The Labute approximate surface area is 110 Å². The fraction of sp³-hybridized carbons (Fsp3) is 0.154. The van der Waals surface area contributed by atoms with Gasteiger partial charge in [-0.3, -0.25) is 10.1 Å². The van der Waals surface area contributed by atoms with E-state index in [9.17, 15) is 0 Å². The molecular weight excluding hydrogens is 240 g/mol. The smallest absolute Gasteiger partial charge is 0.0922 e. The van der Waals surface area contributed by atoms with Gasteiger partial charge in [0.1, 0.15) is 0 Å². The second-order valence-corrected chi connectivity index (χ2v) is 4.19. The molecule has 0 aliphatic carbocycles.